The average Bonchev–Trinajstić information content (AvgIpc) is 2.86. The van der Waals surface area contributed by atoms with E-state index in [1.165, 1.54) is 20.3 Å². The first kappa shape index (κ1) is 15.0. The second kappa shape index (κ2) is 5.95. The Morgan fingerprint density at radius 2 is 1.81 bits per heavy atom. The van der Waals surface area contributed by atoms with E-state index in [0.717, 1.165) is 5.56 Å². The van der Waals surface area contributed by atoms with E-state index in [1.54, 1.807) is 6.07 Å². The van der Waals surface area contributed by atoms with Crippen molar-refractivity contribution in [3.05, 3.63) is 28.8 Å². The third-order valence-electron chi connectivity index (χ3n) is 3.65. The lowest BCUT2D eigenvalue weighted by molar-refractivity contribution is -0.158. The van der Waals surface area contributed by atoms with Crippen molar-refractivity contribution < 1.29 is 29.0 Å². The first-order chi connectivity index (χ1) is 9.99. The molecule has 1 aliphatic carbocycles. The Balaban J connectivity index is 2.42. The molecule has 0 saturated heterocycles. The zero-order chi connectivity index (χ0) is 15.6. The van der Waals surface area contributed by atoms with Gasteiger partial charge in [0, 0.05) is 24.0 Å². The van der Waals surface area contributed by atoms with Crippen LogP contribution in [0.2, 0.25) is 0 Å². The fourth-order valence-corrected chi connectivity index (χ4v) is 2.57. The summed E-state index contributed by atoms with van der Waals surface area (Å²) in [7, 11) is 2.33. The van der Waals surface area contributed by atoms with Gasteiger partial charge in [0.05, 0.1) is 14.2 Å². The van der Waals surface area contributed by atoms with Crippen LogP contribution in [0.1, 0.15) is 27.9 Å². The Kier molecular flexibility index (Phi) is 4.26. The molecule has 6 heteroatoms. The number of rotatable bonds is 4. The van der Waals surface area contributed by atoms with Gasteiger partial charge in [-0.05, 0) is 18.1 Å². The van der Waals surface area contributed by atoms with Crippen molar-refractivity contribution >= 4 is 17.7 Å². The second-order valence-corrected chi connectivity index (χ2v) is 4.82. The van der Waals surface area contributed by atoms with Crippen LogP contribution in [0.5, 0.6) is 5.75 Å². The van der Waals surface area contributed by atoms with Crippen molar-refractivity contribution in [3.8, 4) is 5.75 Å². The number of ketones is 1. The molecule has 1 aliphatic rings. The maximum absolute atomic E-state index is 12.0. The van der Waals surface area contributed by atoms with Gasteiger partial charge in [-0.3, -0.25) is 14.4 Å². The molecular formula is C15H16O6. The summed E-state index contributed by atoms with van der Waals surface area (Å²) >= 11 is 0. The van der Waals surface area contributed by atoms with Crippen molar-refractivity contribution in [2.75, 3.05) is 14.2 Å². The zero-order valence-electron chi connectivity index (χ0n) is 11.8. The first-order valence-corrected chi connectivity index (χ1v) is 6.52. The third kappa shape index (κ3) is 2.74. The standard InChI is InChI=1S/C15H16O6/c1-20-14(18)10(15(19)21-2)7-9-11(16)5-3-8-4-6-12(17)13(8)9/h3,5,10,16H,4,6-7H2,1-2H3. The number of Topliss-reactive ketones (excluding diaryl/α,β-unsaturated/α-hetero) is 1. The molecule has 0 heterocycles. The largest absolute Gasteiger partial charge is 0.508 e. The number of hydrogen-bond acceptors (Lipinski definition) is 6. The van der Waals surface area contributed by atoms with E-state index < -0.39 is 17.9 Å². The van der Waals surface area contributed by atoms with Crippen molar-refractivity contribution in [1.29, 1.82) is 0 Å². The smallest absolute Gasteiger partial charge is 0.320 e. The van der Waals surface area contributed by atoms with Crippen molar-refractivity contribution in [1.82, 2.24) is 0 Å². The fraction of sp³-hybridized carbons (Fsp3) is 0.400. The van der Waals surface area contributed by atoms with Gasteiger partial charge in [0.15, 0.2) is 11.7 Å². The first-order valence-electron chi connectivity index (χ1n) is 6.52. The van der Waals surface area contributed by atoms with Crippen LogP contribution >= 0.6 is 0 Å². The van der Waals surface area contributed by atoms with Crippen molar-refractivity contribution in [2.45, 2.75) is 19.3 Å². The minimum atomic E-state index is -1.20. The maximum atomic E-state index is 12.0. The van der Waals surface area contributed by atoms with Gasteiger partial charge in [0.25, 0.3) is 0 Å². The number of hydrogen-bond donors (Lipinski definition) is 1. The Morgan fingerprint density at radius 1 is 1.19 bits per heavy atom. The van der Waals surface area contributed by atoms with Crippen molar-refractivity contribution in [2.24, 2.45) is 5.92 Å². The minimum Gasteiger partial charge on any atom is -0.508 e. The average molecular weight is 292 g/mol. The van der Waals surface area contributed by atoms with Crippen LogP contribution in [0.4, 0.5) is 0 Å². The highest BCUT2D eigenvalue weighted by Gasteiger charge is 2.33. The zero-order valence-corrected chi connectivity index (χ0v) is 11.8. The molecule has 112 valence electrons. The number of fused-ring (bicyclic) bond motifs is 1. The van der Waals surface area contributed by atoms with Crippen LogP contribution in [-0.2, 0) is 31.9 Å². The number of aryl methyl sites for hydroxylation is 1. The topological polar surface area (TPSA) is 89.9 Å². The van der Waals surface area contributed by atoms with Gasteiger partial charge < -0.3 is 14.6 Å². The van der Waals surface area contributed by atoms with E-state index in [-0.39, 0.29) is 18.0 Å². The van der Waals surface area contributed by atoms with Crippen LogP contribution in [0.25, 0.3) is 0 Å². The molecule has 0 atom stereocenters. The molecule has 1 N–H and O–H groups in total. The third-order valence-corrected chi connectivity index (χ3v) is 3.65. The molecule has 0 aromatic heterocycles. The summed E-state index contributed by atoms with van der Waals surface area (Å²) in [6.45, 7) is 0. The van der Waals surface area contributed by atoms with Crippen LogP contribution in [-0.4, -0.2) is 37.0 Å². The van der Waals surface area contributed by atoms with Gasteiger partial charge in [-0.2, -0.15) is 0 Å². The van der Waals surface area contributed by atoms with Gasteiger partial charge in [0.1, 0.15) is 5.75 Å². The quantitative estimate of drug-likeness (QED) is 0.658. The van der Waals surface area contributed by atoms with E-state index in [2.05, 4.69) is 9.47 Å². The van der Waals surface area contributed by atoms with E-state index in [1.807, 2.05) is 0 Å². The lowest BCUT2D eigenvalue weighted by Gasteiger charge is -2.15. The highest BCUT2D eigenvalue weighted by Crippen LogP contribution is 2.33. The monoisotopic (exact) mass is 292 g/mol. The molecular weight excluding hydrogens is 276 g/mol. The predicted octanol–water partition coefficient (Wildman–Crippen LogP) is 1.03. The van der Waals surface area contributed by atoms with Crippen molar-refractivity contribution in [3.63, 3.8) is 0 Å². The summed E-state index contributed by atoms with van der Waals surface area (Å²) in [6, 6.07) is 3.16. The highest BCUT2D eigenvalue weighted by atomic mass is 16.5. The molecule has 6 nitrogen and oxygen atoms in total. The molecule has 0 amide bonds. The number of carbonyl (C=O) groups is 3. The van der Waals surface area contributed by atoms with Gasteiger partial charge >= 0.3 is 11.9 Å². The van der Waals surface area contributed by atoms with E-state index in [4.69, 9.17) is 0 Å². The highest BCUT2D eigenvalue weighted by molar-refractivity contribution is 6.03. The van der Waals surface area contributed by atoms with Gasteiger partial charge in [-0.15, -0.1) is 0 Å². The summed E-state index contributed by atoms with van der Waals surface area (Å²) in [5.41, 5.74) is 1.53. The second-order valence-electron chi connectivity index (χ2n) is 4.82. The molecule has 0 bridgehead atoms. The van der Waals surface area contributed by atoms with E-state index in [0.29, 0.717) is 24.0 Å². The number of methoxy groups -OCH3 is 2. The summed E-state index contributed by atoms with van der Waals surface area (Å²) in [4.78, 5) is 35.4. The van der Waals surface area contributed by atoms with Gasteiger partial charge in [-0.25, -0.2) is 0 Å². The molecule has 21 heavy (non-hydrogen) atoms. The normalized spacial score (nSPS) is 13.2. The Bertz CT molecular complexity index is 588. The molecule has 0 unspecified atom stereocenters. The summed E-state index contributed by atoms with van der Waals surface area (Å²) < 4.78 is 9.17. The predicted molar refractivity (Wildman–Crippen MR) is 72.0 cm³/mol. The summed E-state index contributed by atoms with van der Waals surface area (Å²) in [5, 5.41) is 9.99. The maximum Gasteiger partial charge on any atom is 0.320 e. The molecule has 0 fully saturated rings. The van der Waals surface area contributed by atoms with Crippen LogP contribution < -0.4 is 0 Å². The Morgan fingerprint density at radius 3 is 2.38 bits per heavy atom. The Labute approximate surface area is 121 Å². The molecule has 1 aromatic rings. The number of phenolic OH excluding ortho intramolecular Hbond substituents is 1. The molecule has 0 aliphatic heterocycles. The molecule has 2 rings (SSSR count). The summed E-state index contributed by atoms with van der Waals surface area (Å²) in [6.07, 6.45) is 0.843. The van der Waals surface area contributed by atoms with E-state index >= 15 is 0 Å². The number of aromatic hydroxyl groups is 1. The van der Waals surface area contributed by atoms with Crippen LogP contribution in [0, 0.1) is 5.92 Å². The Hall–Kier alpha value is -2.37. The summed E-state index contributed by atoms with van der Waals surface area (Å²) in [5.74, 6) is -2.93. The van der Waals surface area contributed by atoms with Crippen LogP contribution in [0.3, 0.4) is 0 Å². The SMILES string of the molecule is COC(=O)C(Cc1c(O)ccc2c1C(=O)CC2)C(=O)OC. The number of carbonyl (C=O) groups excluding carboxylic acids is 3. The molecule has 0 spiro atoms. The lowest BCUT2D eigenvalue weighted by Crippen LogP contribution is -2.29. The number of esters is 2. The number of ether oxygens (including phenoxy) is 2. The molecule has 0 saturated carbocycles. The van der Waals surface area contributed by atoms with Crippen LogP contribution in [0.15, 0.2) is 12.1 Å². The van der Waals surface area contributed by atoms with E-state index in [9.17, 15) is 19.5 Å². The fourth-order valence-electron chi connectivity index (χ4n) is 2.57. The molecule has 1 aromatic carbocycles. The van der Waals surface area contributed by atoms with Gasteiger partial charge in [0.2, 0.25) is 0 Å². The number of phenols is 1. The minimum absolute atomic E-state index is 0.0932. The van der Waals surface area contributed by atoms with Gasteiger partial charge in [-0.1, -0.05) is 6.07 Å². The number of benzene rings is 1. The lowest BCUT2D eigenvalue weighted by atomic mass is 9.92. The molecule has 0 radical (unpaired) electrons.